The van der Waals surface area contributed by atoms with E-state index in [1.54, 1.807) is 14.2 Å². The summed E-state index contributed by atoms with van der Waals surface area (Å²) in [7, 11) is 3.24. The summed E-state index contributed by atoms with van der Waals surface area (Å²) in [5, 5.41) is 10.5. The first-order valence-electron chi connectivity index (χ1n) is 11.8. The molecule has 3 rings (SSSR count). The Kier molecular flexibility index (Phi) is 8.46. The summed E-state index contributed by atoms with van der Waals surface area (Å²) in [6, 6.07) is 16.1. The van der Waals surface area contributed by atoms with Crippen molar-refractivity contribution in [1.82, 2.24) is 0 Å². The maximum Gasteiger partial charge on any atom is 0.243 e. The van der Waals surface area contributed by atoms with E-state index in [4.69, 9.17) is 24.7 Å². The lowest BCUT2D eigenvalue weighted by molar-refractivity contribution is 0.0349. The maximum atomic E-state index is 10.5. The van der Waals surface area contributed by atoms with Gasteiger partial charge in [0, 0.05) is 12.5 Å². The molecule has 2 aromatic carbocycles. The predicted octanol–water partition coefficient (Wildman–Crippen LogP) is 5.59. The Morgan fingerprint density at radius 2 is 1.67 bits per heavy atom. The maximum absolute atomic E-state index is 10.5. The van der Waals surface area contributed by atoms with Gasteiger partial charge in [0.05, 0.1) is 25.7 Å². The molecule has 33 heavy (non-hydrogen) atoms. The van der Waals surface area contributed by atoms with Gasteiger partial charge in [-0.05, 0) is 55.0 Å². The Morgan fingerprint density at radius 3 is 2.21 bits per heavy atom. The Hall–Kier alpha value is -2.91. The molecule has 0 aromatic heterocycles. The van der Waals surface area contributed by atoms with E-state index in [0.717, 1.165) is 49.2 Å². The number of benzene rings is 2. The van der Waals surface area contributed by atoms with E-state index < -0.39 is 5.41 Å². The average Bonchev–Trinajstić information content (AvgIpc) is 3.25. The van der Waals surface area contributed by atoms with Gasteiger partial charge in [0.25, 0.3) is 0 Å². The number of fused-ring (bicyclic) bond motifs is 1. The van der Waals surface area contributed by atoms with Crippen LogP contribution < -0.4 is 24.7 Å². The number of nitriles is 1. The van der Waals surface area contributed by atoms with E-state index in [0.29, 0.717) is 17.9 Å². The second-order valence-electron chi connectivity index (χ2n) is 8.67. The first kappa shape index (κ1) is 24.7. The first-order chi connectivity index (χ1) is 16.0. The molecular weight excluding hydrogens is 416 g/mol. The fraction of sp³-hybridized carbons (Fsp3) is 0.519. The van der Waals surface area contributed by atoms with E-state index in [9.17, 15) is 5.26 Å². The van der Waals surface area contributed by atoms with E-state index in [-0.39, 0.29) is 18.2 Å². The lowest BCUT2D eigenvalue weighted by Crippen LogP contribution is -2.35. The average molecular weight is 453 g/mol. The predicted molar refractivity (Wildman–Crippen MR) is 129 cm³/mol. The number of hydrogen-bond acceptors (Lipinski definition) is 6. The summed E-state index contributed by atoms with van der Waals surface area (Å²) in [6.07, 6.45) is 4.44. The van der Waals surface area contributed by atoms with E-state index in [2.05, 4.69) is 19.9 Å². The largest absolute Gasteiger partial charge is 0.493 e. The topological polar surface area (TPSA) is 86.7 Å². The van der Waals surface area contributed by atoms with Crippen LogP contribution in [0.2, 0.25) is 0 Å². The van der Waals surface area contributed by atoms with Crippen LogP contribution >= 0.6 is 0 Å². The highest BCUT2D eigenvalue weighted by Crippen LogP contribution is 2.43. The third-order valence-corrected chi connectivity index (χ3v) is 6.79. The highest BCUT2D eigenvalue weighted by Gasteiger charge is 2.39. The molecule has 1 aliphatic rings. The van der Waals surface area contributed by atoms with Crippen molar-refractivity contribution in [2.75, 3.05) is 14.2 Å². The van der Waals surface area contributed by atoms with Crippen LogP contribution in [0.25, 0.3) is 0 Å². The fourth-order valence-corrected chi connectivity index (χ4v) is 4.95. The summed E-state index contributed by atoms with van der Waals surface area (Å²) < 4.78 is 22.6. The zero-order chi connectivity index (χ0) is 23.8. The quantitative estimate of drug-likeness (QED) is 0.452. The molecule has 0 saturated heterocycles. The Balaban J connectivity index is 1.69. The summed E-state index contributed by atoms with van der Waals surface area (Å²) >= 11 is 0. The van der Waals surface area contributed by atoms with Crippen LogP contribution in [0.5, 0.6) is 23.0 Å². The molecule has 0 aliphatic carbocycles. The van der Waals surface area contributed by atoms with Crippen molar-refractivity contribution >= 4 is 0 Å². The number of para-hydroxylation sites is 2. The van der Waals surface area contributed by atoms with Gasteiger partial charge < -0.3 is 24.7 Å². The molecule has 6 heteroatoms. The highest BCUT2D eigenvalue weighted by atomic mass is 16.7. The smallest absolute Gasteiger partial charge is 0.243 e. The number of methoxy groups -OCH3 is 2. The third kappa shape index (κ3) is 5.36. The normalized spacial score (nSPS) is 15.7. The van der Waals surface area contributed by atoms with Crippen LogP contribution in [-0.2, 0) is 5.41 Å². The van der Waals surface area contributed by atoms with Gasteiger partial charge >= 0.3 is 0 Å². The minimum Gasteiger partial charge on any atom is -0.493 e. The summed E-state index contributed by atoms with van der Waals surface area (Å²) in [6.45, 7) is 4.30. The van der Waals surface area contributed by atoms with Crippen molar-refractivity contribution in [3.05, 3.63) is 48.0 Å². The van der Waals surface area contributed by atoms with Crippen molar-refractivity contribution in [3.8, 4) is 29.1 Å². The van der Waals surface area contributed by atoms with Crippen molar-refractivity contribution in [1.29, 1.82) is 5.26 Å². The first-order valence-corrected chi connectivity index (χ1v) is 11.8. The molecule has 2 unspecified atom stereocenters. The van der Waals surface area contributed by atoms with Gasteiger partial charge in [0.1, 0.15) is 0 Å². The van der Waals surface area contributed by atoms with Gasteiger partial charge in [-0.15, -0.1) is 0 Å². The molecule has 2 atom stereocenters. The van der Waals surface area contributed by atoms with Gasteiger partial charge in [-0.3, -0.25) is 0 Å². The van der Waals surface area contributed by atoms with Crippen molar-refractivity contribution in [2.45, 2.75) is 70.1 Å². The van der Waals surface area contributed by atoms with Crippen molar-refractivity contribution in [3.63, 3.8) is 0 Å². The van der Waals surface area contributed by atoms with Crippen molar-refractivity contribution in [2.24, 2.45) is 11.7 Å². The van der Waals surface area contributed by atoms with E-state index >= 15 is 0 Å². The van der Waals surface area contributed by atoms with E-state index in [1.807, 2.05) is 42.5 Å². The molecular formula is C27H36N2O4. The van der Waals surface area contributed by atoms with Crippen LogP contribution in [0.3, 0.4) is 0 Å². The molecule has 2 N–H and O–H groups in total. The second-order valence-corrected chi connectivity index (χ2v) is 8.67. The second kappa shape index (κ2) is 11.3. The molecule has 6 nitrogen and oxygen atoms in total. The molecule has 0 spiro atoms. The number of hydrogen-bond donors (Lipinski definition) is 1. The lowest BCUT2D eigenvalue weighted by Gasteiger charge is -2.35. The zero-order valence-corrected chi connectivity index (χ0v) is 20.2. The molecule has 2 aromatic rings. The van der Waals surface area contributed by atoms with Crippen LogP contribution in [-0.4, -0.2) is 26.6 Å². The molecule has 1 heterocycles. The van der Waals surface area contributed by atoms with Gasteiger partial charge in [-0.1, -0.05) is 44.9 Å². The third-order valence-electron chi connectivity index (χ3n) is 6.79. The summed E-state index contributed by atoms with van der Waals surface area (Å²) in [5.41, 5.74) is 6.81. The molecule has 0 fully saturated rings. The minimum atomic E-state index is -0.612. The van der Waals surface area contributed by atoms with Crippen LogP contribution in [0.15, 0.2) is 42.5 Å². The molecule has 0 radical (unpaired) electrons. The van der Waals surface area contributed by atoms with Crippen molar-refractivity contribution < 1.29 is 18.9 Å². The summed E-state index contributed by atoms with van der Waals surface area (Å²) in [4.78, 5) is 0. The molecule has 0 amide bonds. The Morgan fingerprint density at radius 1 is 1.03 bits per heavy atom. The SMILES string of the molecule is CCC(CC)C(C#N)(CCCC(N)CC1Oc2ccccc2O1)c1ccc(OC)c(OC)c1. The van der Waals surface area contributed by atoms with Gasteiger partial charge in [-0.2, -0.15) is 5.26 Å². The van der Waals surface area contributed by atoms with Gasteiger partial charge in [0.15, 0.2) is 23.0 Å². The molecule has 1 aliphatic heterocycles. The molecule has 0 saturated carbocycles. The lowest BCUT2D eigenvalue weighted by atomic mass is 9.66. The van der Waals surface area contributed by atoms with Gasteiger partial charge in [-0.25, -0.2) is 0 Å². The molecule has 178 valence electrons. The fourth-order valence-electron chi connectivity index (χ4n) is 4.95. The van der Waals surface area contributed by atoms with Crippen LogP contribution in [0.4, 0.5) is 0 Å². The summed E-state index contributed by atoms with van der Waals surface area (Å²) in [5.74, 6) is 3.07. The number of ether oxygens (including phenoxy) is 4. The number of nitrogens with zero attached hydrogens (tertiary/aromatic N) is 1. The van der Waals surface area contributed by atoms with E-state index in [1.165, 1.54) is 0 Å². The molecule has 0 bridgehead atoms. The zero-order valence-electron chi connectivity index (χ0n) is 20.2. The van der Waals surface area contributed by atoms with Gasteiger partial charge in [0.2, 0.25) is 6.29 Å². The van der Waals surface area contributed by atoms with Crippen LogP contribution in [0.1, 0.15) is 57.9 Å². The Labute approximate surface area is 197 Å². The Bertz CT molecular complexity index is 928. The monoisotopic (exact) mass is 452 g/mol. The highest BCUT2D eigenvalue weighted by molar-refractivity contribution is 5.47. The number of nitrogens with two attached hydrogens (primary N) is 1. The minimum absolute atomic E-state index is 0.0761. The standard InChI is InChI=1S/C27H36N2O4/c1-5-19(6-2)27(18-28,20-13-14-22(30-3)25(16-20)31-4)15-9-10-21(29)17-26-32-23-11-7-8-12-24(23)33-26/h7-8,11-14,16,19,21,26H,5-6,9-10,15,17,29H2,1-4H3. The number of rotatable bonds is 12. The van der Waals surface area contributed by atoms with Crippen LogP contribution in [0, 0.1) is 17.2 Å².